The van der Waals surface area contributed by atoms with Crippen LogP contribution in [-0.2, 0) is 0 Å². The van der Waals surface area contributed by atoms with Crippen molar-refractivity contribution < 1.29 is 0 Å². The van der Waals surface area contributed by atoms with Crippen LogP contribution in [0.15, 0.2) is 12.2 Å². The molecule has 0 nitrogen and oxygen atoms in total. The fourth-order valence-electron chi connectivity index (χ4n) is 10.4. The van der Waals surface area contributed by atoms with Crippen molar-refractivity contribution in [2.45, 2.75) is 105 Å². The lowest BCUT2D eigenvalue weighted by molar-refractivity contribution is -0.131. The Labute approximate surface area is 175 Å². The van der Waals surface area contributed by atoms with Crippen LogP contribution in [0.1, 0.15) is 105 Å². The molecular formula is C28H46. The second-order valence-electron chi connectivity index (χ2n) is 12.8. The molecule has 0 aromatic heterocycles. The summed E-state index contributed by atoms with van der Waals surface area (Å²) >= 11 is 0. The molecule has 5 fully saturated rings. The van der Waals surface area contributed by atoms with Crippen molar-refractivity contribution in [3.05, 3.63) is 12.2 Å². The van der Waals surface area contributed by atoms with Crippen LogP contribution < -0.4 is 0 Å². The molecular weight excluding hydrogens is 336 g/mol. The van der Waals surface area contributed by atoms with Gasteiger partial charge in [0, 0.05) is 0 Å². The molecule has 0 amide bonds. The topological polar surface area (TPSA) is 0 Å². The van der Waals surface area contributed by atoms with Gasteiger partial charge in [-0.3, -0.25) is 0 Å². The molecule has 0 saturated heterocycles. The Hall–Kier alpha value is -0.260. The molecule has 0 radical (unpaired) electrons. The smallest absolute Gasteiger partial charge is 0.0261 e. The van der Waals surface area contributed by atoms with Crippen molar-refractivity contribution in [1.82, 2.24) is 0 Å². The first-order chi connectivity index (χ1) is 13.3. The van der Waals surface area contributed by atoms with Crippen molar-refractivity contribution in [3.63, 3.8) is 0 Å². The summed E-state index contributed by atoms with van der Waals surface area (Å²) in [6.07, 6.45) is 21.3. The van der Waals surface area contributed by atoms with Gasteiger partial charge in [-0.15, -0.1) is 0 Å². The van der Waals surface area contributed by atoms with E-state index in [-0.39, 0.29) is 0 Å². The molecule has 158 valence electrons. The minimum absolute atomic E-state index is 0.653. The molecule has 0 spiro atoms. The van der Waals surface area contributed by atoms with Gasteiger partial charge in [-0.25, -0.2) is 0 Å². The van der Waals surface area contributed by atoms with Crippen molar-refractivity contribution in [2.24, 2.45) is 57.7 Å². The third-order valence-electron chi connectivity index (χ3n) is 11.9. The summed E-state index contributed by atoms with van der Waals surface area (Å²) < 4.78 is 0. The molecule has 0 heterocycles. The van der Waals surface area contributed by atoms with Gasteiger partial charge in [0.2, 0.25) is 0 Å². The van der Waals surface area contributed by atoms with E-state index in [0.29, 0.717) is 10.8 Å². The van der Waals surface area contributed by atoms with E-state index in [9.17, 15) is 0 Å². The van der Waals surface area contributed by atoms with Crippen LogP contribution in [0.3, 0.4) is 0 Å². The third kappa shape index (κ3) is 2.61. The van der Waals surface area contributed by atoms with Gasteiger partial charge in [0.1, 0.15) is 0 Å². The Morgan fingerprint density at radius 1 is 0.857 bits per heavy atom. The third-order valence-corrected chi connectivity index (χ3v) is 11.9. The highest BCUT2D eigenvalue weighted by atomic mass is 14.7. The predicted molar refractivity (Wildman–Crippen MR) is 120 cm³/mol. The molecule has 0 heteroatoms. The van der Waals surface area contributed by atoms with Crippen LogP contribution in [0.4, 0.5) is 0 Å². The first-order valence-corrected chi connectivity index (χ1v) is 13.0. The highest BCUT2D eigenvalue weighted by molar-refractivity contribution is 5.17. The zero-order valence-electron chi connectivity index (χ0n) is 19.5. The highest BCUT2D eigenvalue weighted by Gasteiger charge is 2.68. The van der Waals surface area contributed by atoms with Crippen molar-refractivity contribution in [1.29, 1.82) is 0 Å². The maximum atomic E-state index is 2.77. The number of hydrogen-bond acceptors (Lipinski definition) is 0. The zero-order valence-corrected chi connectivity index (χ0v) is 19.5. The van der Waals surface area contributed by atoms with Gasteiger partial charge in [0.15, 0.2) is 0 Å². The van der Waals surface area contributed by atoms with E-state index in [1.807, 2.05) is 0 Å². The minimum atomic E-state index is 0.653. The molecule has 5 aliphatic rings. The van der Waals surface area contributed by atoms with Crippen LogP contribution in [0, 0.1) is 57.7 Å². The van der Waals surface area contributed by atoms with Gasteiger partial charge in [-0.1, -0.05) is 39.8 Å². The average Bonchev–Trinajstić information content (AvgIpc) is 3.21. The highest BCUT2D eigenvalue weighted by Crippen LogP contribution is 2.76. The van der Waals surface area contributed by atoms with E-state index in [4.69, 9.17) is 0 Å². The van der Waals surface area contributed by atoms with Crippen LogP contribution in [-0.4, -0.2) is 0 Å². The molecule has 0 bridgehead atoms. The summed E-state index contributed by atoms with van der Waals surface area (Å²) in [5, 5.41) is 0. The Kier molecular flexibility index (Phi) is 4.65. The van der Waals surface area contributed by atoms with E-state index in [1.54, 1.807) is 51.4 Å². The largest absolute Gasteiger partial charge is 0.0917 e. The lowest BCUT2D eigenvalue weighted by atomic mass is 9.43. The fourth-order valence-corrected chi connectivity index (χ4v) is 10.4. The second-order valence-corrected chi connectivity index (χ2v) is 12.8. The molecule has 5 saturated carbocycles. The van der Waals surface area contributed by atoms with Crippen LogP contribution in [0.2, 0.25) is 0 Å². The Balaban J connectivity index is 1.35. The van der Waals surface area contributed by atoms with E-state index < -0.39 is 0 Å². The SMILES string of the molecule is C/C=C\CCC(C)C1CCC2C3CCC4C5(C)CC5CCC4(C)C3CCC12C. The van der Waals surface area contributed by atoms with E-state index >= 15 is 0 Å². The van der Waals surface area contributed by atoms with E-state index in [1.165, 1.54) is 19.3 Å². The summed E-state index contributed by atoms with van der Waals surface area (Å²) in [6, 6.07) is 0. The lowest BCUT2D eigenvalue weighted by Crippen LogP contribution is -2.54. The minimum Gasteiger partial charge on any atom is -0.0917 e. The molecule has 28 heavy (non-hydrogen) atoms. The summed E-state index contributed by atoms with van der Waals surface area (Å²) in [4.78, 5) is 0. The number of rotatable bonds is 4. The molecule has 5 rings (SSSR count). The fraction of sp³-hybridized carbons (Fsp3) is 0.929. The lowest BCUT2D eigenvalue weighted by Gasteiger charge is -2.62. The first-order valence-electron chi connectivity index (χ1n) is 13.0. The maximum Gasteiger partial charge on any atom is -0.0261 e. The molecule has 0 N–H and O–H groups in total. The molecule has 0 aliphatic heterocycles. The molecule has 0 aromatic rings. The standard InChI is InChI=1S/C28H46/c1-6-7-8-9-19(2)22-11-12-23-21-10-13-25-27(4,16-14-20-18-28(20,25)5)24(21)15-17-26(22,23)3/h6-7,19-25H,8-18H2,1-5H3/b7-6-. The first kappa shape index (κ1) is 19.7. The molecule has 5 aliphatic carbocycles. The van der Waals surface area contributed by atoms with Crippen LogP contribution in [0.5, 0.6) is 0 Å². The number of allylic oxidation sites excluding steroid dienone is 2. The van der Waals surface area contributed by atoms with Crippen LogP contribution in [0.25, 0.3) is 0 Å². The summed E-state index contributed by atoms with van der Waals surface area (Å²) in [7, 11) is 0. The van der Waals surface area contributed by atoms with Gasteiger partial charge < -0.3 is 0 Å². The van der Waals surface area contributed by atoms with Gasteiger partial charge in [0.25, 0.3) is 0 Å². The quantitative estimate of drug-likeness (QED) is 0.429. The van der Waals surface area contributed by atoms with Gasteiger partial charge in [-0.05, 0) is 135 Å². The van der Waals surface area contributed by atoms with Crippen LogP contribution >= 0.6 is 0 Å². The van der Waals surface area contributed by atoms with Crippen molar-refractivity contribution >= 4 is 0 Å². The number of fused-ring (bicyclic) bond motifs is 7. The van der Waals surface area contributed by atoms with Gasteiger partial charge in [0.05, 0.1) is 0 Å². The monoisotopic (exact) mass is 382 g/mol. The Morgan fingerprint density at radius 2 is 1.61 bits per heavy atom. The molecule has 0 aromatic carbocycles. The van der Waals surface area contributed by atoms with Gasteiger partial charge in [-0.2, -0.15) is 0 Å². The normalized spacial score (nSPS) is 55.9. The van der Waals surface area contributed by atoms with E-state index in [2.05, 4.69) is 46.8 Å². The van der Waals surface area contributed by atoms with Gasteiger partial charge >= 0.3 is 0 Å². The molecule has 10 atom stereocenters. The van der Waals surface area contributed by atoms with Crippen molar-refractivity contribution in [2.75, 3.05) is 0 Å². The second kappa shape index (κ2) is 6.62. The summed E-state index contributed by atoms with van der Waals surface area (Å²) in [6.45, 7) is 12.9. The predicted octanol–water partition coefficient (Wildman–Crippen LogP) is 8.27. The average molecular weight is 383 g/mol. The zero-order chi connectivity index (χ0) is 19.7. The summed E-state index contributed by atoms with van der Waals surface area (Å²) in [5.41, 5.74) is 2.08. The Bertz CT molecular complexity index is 632. The number of hydrogen-bond donors (Lipinski definition) is 0. The molecule has 10 unspecified atom stereocenters. The summed E-state index contributed by atoms with van der Waals surface area (Å²) in [5.74, 6) is 7.22. The Morgan fingerprint density at radius 3 is 2.39 bits per heavy atom. The van der Waals surface area contributed by atoms with E-state index in [0.717, 1.165) is 46.8 Å². The van der Waals surface area contributed by atoms with Crippen molar-refractivity contribution in [3.8, 4) is 0 Å². The maximum absolute atomic E-state index is 2.77.